The van der Waals surface area contributed by atoms with E-state index in [0.717, 1.165) is 0 Å². The van der Waals surface area contributed by atoms with E-state index < -0.39 is 0 Å². The highest BCUT2D eigenvalue weighted by Crippen LogP contribution is 2.07. The van der Waals surface area contributed by atoms with Gasteiger partial charge in [0.15, 0.2) is 6.29 Å². The van der Waals surface area contributed by atoms with Crippen LogP contribution in [0.3, 0.4) is 0 Å². The molecule has 0 radical (unpaired) electrons. The molecule has 0 unspecified atom stereocenters. The highest BCUT2D eigenvalue weighted by atomic mass is 35.5. The van der Waals surface area contributed by atoms with E-state index in [-0.39, 0.29) is 6.29 Å². The van der Waals surface area contributed by atoms with E-state index in [0.29, 0.717) is 11.7 Å². The first-order valence-corrected chi connectivity index (χ1v) is 3.88. The van der Waals surface area contributed by atoms with Crippen molar-refractivity contribution in [3.63, 3.8) is 0 Å². The third-order valence-corrected chi connectivity index (χ3v) is 1.83. The summed E-state index contributed by atoms with van der Waals surface area (Å²) in [5, 5.41) is 4.55. The lowest BCUT2D eigenvalue weighted by Crippen LogP contribution is -2.21. The van der Waals surface area contributed by atoms with Crippen LogP contribution in [0.1, 0.15) is 0 Å². The topological polar surface area (TPSA) is 36.3 Å². The highest BCUT2D eigenvalue weighted by Gasteiger charge is 2.08. The molecule has 1 rings (SSSR count). The van der Waals surface area contributed by atoms with Crippen molar-refractivity contribution in [1.29, 1.82) is 0 Å². The quantitative estimate of drug-likeness (QED) is 0.669. The largest absolute Gasteiger partial charge is 0.354 e. The minimum Gasteiger partial charge on any atom is -0.354 e. The van der Waals surface area contributed by atoms with Gasteiger partial charge < -0.3 is 9.47 Å². The van der Waals surface area contributed by atoms with Crippen molar-refractivity contribution in [1.82, 2.24) is 9.78 Å². The van der Waals surface area contributed by atoms with Crippen molar-refractivity contribution < 1.29 is 9.47 Å². The average molecular weight is 191 g/mol. The van der Waals surface area contributed by atoms with Crippen molar-refractivity contribution in [2.45, 2.75) is 12.8 Å². The van der Waals surface area contributed by atoms with Crippen LogP contribution in [0.5, 0.6) is 0 Å². The Bertz CT molecular complexity index is 235. The molecule has 12 heavy (non-hydrogen) atoms. The fourth-order valence-corrected chi connectivity index (χ4v) is 1.01. The van der Waals surface area contributed by atoms with Crippen molar-refractivity contribution >= 4 is 11.6 Å². The fourth-order valence-electron chi connectivity index (χ4n) is 0.837. The predicted molar refractivity (Wildman–Crippen MR) is 45.0 cm³/mol. The molecule has 0 saturated heterocycles. The summed E-state index contributed by atoms with van der Waals surface area (Å²) < 4.78 is 11.6. The molecule has 1 aromatic rings. The Balaban J connectivity index is 2.56. The number of rotatable bonds is 4. The number of methoxy groups -OCH3 is 2. The summed E-state index contributed by atoms with van der Waals surface area (Å²) in [6, 6.07) is 1.71. The number of hydrogen-bond acceptors (Lipinski definition) is 3. The maximum absolute atomic E-state index is 5.79. The lowest BCUT2D eigenvalue weighted by Gasteiger charge is -2.13. The van der Waals surface area contributed by atoms with Gasteiger partial charge in [0, 0.05) is 14.2 Å². The Labute approximate surface area is 76.0 Å². The predicted octanol–water partition coefficient (Wildman–Crippen LogP) is 1.16. The zero-order valence-corrected chi connectivity index (χ0v) is 7.78. The van der Waals surface area contributed by atoms with Crippen LogP contribution in [0.2, 0.25) is 5.15 Å². The maximum Gasteiger partial charge on any atom is 0.176 e. The van der Waals surface area contributed by atoms with Gasteiger partial charge in [-0.25, -0.2) is 4.68 Å². The average Bonchev–Trinajstić information content (AvgIpc) is 2.47. The van der Waals surface area contributed by atoms with Gasteiger partial charge in [-0.2, -0.15) is 5.10 Å². The normalized spacial score (nSPS) is 11.0. The van der Waals surface area contributed by atoms with Gasteiger partial charge in [-0.05, 0) is 6.07 Å². The molecule has 1 heterocycles. The SMILES string of the molecule is COC(Cn1nccc1Cl)OC. The van der Waals surface area contributed by atoms with Gasteiger partial charge in [-0.15, -0.1) is 0 Å². The van der Waals surface area contributed by atoms with E-state index in [1.807, 2.05) is 0 Å². The molecule has 0 aliphatic heterocycles. The zero-order chi connectivity index (χ0) is 8.97. The minimum absolute atomic E-state index is 0.303. The third kappa shape index (κ3) is 2.20. The van der Waals surface area contributed by atoms with Gasteiger partial charge in [0.05, 0.1) is 12.7 Å². The van der Waals surface area contributed by atoms with E-state index in [1.54, 1.807) is 31.2 Å². The molecule has 0 bridgehead atoms. The second kappa shape index (κ2) is 4.45. The van der Waals surface area contributed by atoms with Crippen LogP contribution in [0.4, 0.5) is 0 Å². The van der Waals surface area contributed by atoms with E-state index >= 15 is 0 Å². The molecule has 0 atom stereocenters. The van der Waals surface area contributed by atoms with Crippen LogP contribution in [-0.2, 0) is 16.0 Å². The van der Waals surface area contributed by atoms with Gasteiger partial charge in [0.25, 0.3) is 0 Å². The fraction of sp³-hybridized carbons (Fsp3) is 0.571. The molecule has 0 amide bonds. The van der Waals surface area contributed by atoms with Gasteiger partial charge in [0.2, 0.25) is 0 Å². The van der Waals surface area contributed by atoms with E-state index in [9.17, 15) is 0 Å². The lowest BCUT2D eigenvalue weighted by atomic mass is 10.6. The van der Waals surface area contributed by atoms with E-state index in [1.165, 1.54) is 0 Å². The smallest absolute Gasteiger partial charge is 0.176 e. The number of nitrogens with zero attached hydrogens (tertiary/aromatic N) is 2. The molecule has 0 fully saturated rings. The summed E-state index contributed by atoms with van der Waals surface area (Å²) in [5.41, 5.74) is 0. The number of aromatic nitrogens is 2. The van der Waals surface area contributed by atoms with Crippen LogP contribution >= 0.6 is 11.6 Å². The summed E-state index contributed by atoms with van der Waals surface area (Å²) in [7, 11) is 3.15. The standard InChI is InChI=1S/C7H11ClN2O2/c1-11-7(12-2)5-10-6(8)3-4-9-10/h3-4,7H,5H2,1-2H3. The molecule has 0 aliphatic carbocycles. The van der Waals surface area contributed by atoms with Crippen molar-refractivity contribution in [2.75, 3.05) is 14.2 Å². The summed E-state index contributed by atoms with van der Waals surface area (Å²) in [6.07, 6.45) is 1.33. The molecular formula is C7H11ClN2O2. The molecule has 0 aliphatic rings. The second-order valence-electron chi connectivity index (χ2n) is 2.24. The first-order chi connectivity index (χ1) is 5.77. The second-order valence-corrected chi connectivity index (χ2v) is 2.62. The molecule has 0 spiro atoms. The number of ether oxygens (including phenoxy) is 2. The van der Waals surface area contributed by atoms with Crippen LogP contribution in [0.15, 0.2) is 12.3 Å². The molecule has 4 nitrogen and oxygen atoms in total. The first-order valence-electron chi connectivity index (χ1n) is 3.51. The molecule has 68 valence electrons. The molecule has 0 saturated carbocycles. The molecule has 5 heteroatoms. The molecule has 0 aromatic carbocycles. The van der Waals surface area contributed by atoms with Crippen LogP contribution in [-0.4, -0.2) is 30.3 Å². The van der Waals surface area contributed by atoms with Crippen LogP contribution in [0, 0.1) is 0 Å². The number of halogens is 1. The van der Waals surface area contributed by atoms with Gasteiger partial charge >= 0.3 is 0 Å². The Morgan fingerprint density at radius 2 is 2.25 bits per heavy atom. The third-order valence-electron chi connectivity index (χ3n) is 1.51. The Kier molecular flexibility index (Phi) is 3.52. The minimum atomic E-state index is -0.303. The van der Waals surface area contributed by atoms with Crippen LogP contribution in [0.25, 0.3) is 0 Å². The monoisotopic (exact) mass is 190 g/mol. The van der Waals surface area contributed by atoms with E-state index in [2.05, 4.69) is 5.10 Å². The molecular weight excluding hydrogens is 180 g/mol. The highest BCUT2D eigenvalue weighted by molar-refractivity contribution is 6.29. The lowest BCUT2D eigenvalue weighted by molar-refractivity contribution is -0.112. The van der Waals surface area contributed by atoms with Crippen molar-refractivity contribution in [3.8, 4) is 0 Å². The molecule has 1 aromatic heterocycles. The van der Waals surface area contributed by atoms with E-state index in [4.69, 9.17) is 21.1 Å². The summed E-state index contributed by atoms with van der Waals surface area (Å²) in [6.45, 7) is 0.499. The first kappa shape index (κ1) is 9.51. The summed E-state index contributed by atoms with van der Waals surface area (Å²) in [4.78, 5) is 0. The van der Waals surface area contributed by atoms with Crippen LogP contribution < -0.4 is 0 Å². The van der Waals surface area contributed by atoms with Crippen molar-refractivity contribution in [2.24, 2.45) is 0 Å². The Morgan fingerprint density at radius 1 is 1.58 bits per heavy atom. The van der Waals surface area contributed by atoms with Gasteiger partial charge in [-0.3, -0.25) is 0 Å². The van der Waals surface area contributed by atoms with Gasteiger partial charge in [0.1, 0.15) is 5.15 Å². The Morgan fingerprint density at radius 3 is 2.67 bits per heavy atom. The zero-order valence-electron chi connectivity index (χ0n) is 7.03. The number of hydrogen-bond donors (Lipinski definition) is 0. The maximum atomic E-state index is 5.79. The molecule has 0 N–H and O–H groups in total. The van der Waals surface area contributed by atoms with Gasteiger partial charge in [-0.1, -0.05) is 11.6 Å². The summed E-state index contributed by atoms with van der Waals surface area (Å²) in [5.74, 6) is 0. The van der Waals surface area contributed by atoms with Crippen molar-refractivity contribution in [3.05, 3.63) is 17.4 Å². The summed E-state index contributed by atoms with van der Waals surface area (Å²) >= 11 is 5.79. The Hall–Kier alpha value is -0.580.